The normalized spacial score (nSPS) is 13.8. The lowest BCUT2D eigenvalue weighted by molar-refractivity contribution is -0.128. The number of benzene rings is 3. The second-order valence-electron chi connectivity index (χ2n) is 16.5. The monoisotopic (exact) mass is 776 g/mol. The average molecular weight is 777 g/mol. The molecule has 1 aliphatic rings. The highest BCUT2D eigenvalue weighted by molar-refractivity contribution is 6.14. The van der Waals surface area contributed by atoms with E-state index in [-0.39, 0.29) is 37.3 Å². The summed E-state index contributed by atoms with van der Waals surface area (Å²) < 4.78 is 16.6. The smallest absolute Gasteiger partial charge is 0.425 e. The van der Waals surface area contributed by atoms with Gasteiger partial charge in [-0.2, -0.15) is 10.2 Å². The number of hydrogen-bond acceptors (Lipinski definition) is 10. The first-order valence-corrected chi connectivity index (χ1v) is 19.0. The highest BCUT2D eigenvalue weighted by Gasteiger charge is 2.46. The fourth-order valence-electron chi connectivity index (χ4n) is 6.39. The number of nitriles is 1. The third-order valence-corrected chi connectivity index (χ3v) is 9.40. The predicted octanol–water partition coefficient (Wildman–Crippen LogP) is 9.20. The maximum atomic E-state index is 13.5. The van der Waals surface area contributed by atoms with E-state index in [1.165, 1.54) is 6.20 Å². The number of nitrogens with zero attached hydrogens (tertiary/aromatic N) is 4. The van der Waals surface area contributed by atoms with Gasteiger partial charge in [0.15, 0.2) is 5.82 Å². The van der Waals surface area contributed by atoms with Gasteiger partial charge in [0.05, 0.1) is 24.6 Å². The summed E-state index contributed by atoms with van der Waals surface area (Å²) in [5.74, 6) is -0.166. The van der Waals surface area contributed by atoms with Gasteiger partial charge in [0.25, 0.3) is 0 Å². The molecule has 0 aliphatic heterocycles. The molecule has 2 N–H and O–H groups in total. The Balaban J connectivity index is 1.27. The summed E-state index contributed by atoms with van der Waals surface area (Å²) in [5.41, 5.74) is 2.54. The zero-order chi connectivity index (χ0) is 41.7. The fraction of sp³-hybridized carbons (Fsp3) is 0.409. The SMILES string of the molecule is Cc1ccccc1C(C)COC(=O)Nc1ccc(C2(C#N)CC2)c(CN(C)C(=O)CNc2ccc3c(N(C(=O)OC(C)(C)C)C(=O)OC(C)(C)C)nccc3c2)c1. The van der Waals surface area contributed by atoms with Crippen LogP contribution in [-0.2, 0) is 31.0 Å². The number of imide groups is 1. The van der Waals surface area contributed by atoms with Crippen molar-refractivity contribution in [3.8, 4) is 6.07 Å². The van der Waals surface area contributed by atoms with Crippen LogP contribution in [0.5, 0.6) is 0 Å². The van der Waals surface area contributed by atoms with Crippen molar-refractivity contribution >= 4 is 52.2 Å². The van der Waals surface area contributed by atoms with Gasteiger partial charge in [-0.3, -0.25) is 10.1 Å². The van der Waals surface area contributed by atoms with Crippen LogP contribution < -0.4 is 15.5 Å². The lowest BCUT2D eigenvalue weighted by atomic mass is 9.92. The van der Waals surface area contributed by atoms with E-state index in [9.17, 15) is 24.4 Å². The zero-order valence-corrected chi connectivity index (χ0v) is 34.2. The van der Waals surface area contributed by atoms with Crippen LogP contribution in [0, 0.1) is 18.3 Å². The molecule has 4 aromatic rings. The van der Waals surface area contributed by atoms with Gasteiger partial charge in [0.1, 0.15) is 11.2 Å². The zero-order valence-electron chi connectivity index (χ0n) is 34.2. The van der Waals surface area contributed by atoms with E-state index in [0.717, 1.165) is 27.2 Å². The van der Waals surface area contributed by atoms with Crippen molar-refractivity contribution in [2.24, 2.45) is 0 Å². The van der Waals surface area contributed by atoms with Crippen molar-refractivity contribution in [1.82, 2.24) is 9.88 Å². The largest absolute Gasteiger partial charge is 0.449 e. The third-order valence-electron chi connectivity index (χ3n) is 9.40. The minimum absolute atomic E-state index is 0.0104. The number of aromatic nitrogens is 1. The van der Waals surface area contributed by atoms with E-state index in [2.05, 4.69) is 21.7 Å². The van der Waals surface area contributed by atoms with Gasteiger partial charge in [0, 0.05) is 42.5 Å². The molecule has 1 aliphatic carbocycles. The maximum absolute atomic E-state index is 13.5. The molecule has 1 atom stereocenters. The number of rotatable bonds is 11. The number of fused-ring (bicyclic) bond motifs is 1. The highest BCUT2D eigenvalue weighted by atomic mass is 16.6. The molecule has 0 bridgehead atoms. The van der Waals surface area contributed by atoms with Crippen molar-refractivity contribution in [2.75, 3.05) is 35.7 Å². The molecule has 0 spiro atoms. The Morgan fingerprint density at radius 3 is 2.18 bits per heavy atom. The molecule has 13 nitrogen and oxygen atoms in total. The van der Waals surface area contributed by atoms with Crippen molar-refractivity contribution in [1.29, 1.82) is 5.26 Å². The molecule has 1 aromatic heterocycles. The minimum Gasteiger partial charge on any atom is -0.449 e. The molecule has 0 radical (unpaired) electrons. The first-order valence-electron chi connectivity index (χ1n) is 19.0. The van der Waals surface area contributed by atoms with Gasteiger partial charge in [-0.15, -0.1) is 0 Å². The van der Waals surface area contributed by atoms with Crippen LogP contribution in [0.4, 0.5) is 31.6 Å². The summed E-state index contributed by atoms with van der Waals surface area (Å²) in [4.78, 5) is 59.6. The topological polar surface area (TPSA) is 163 Å². The Hall–Kier alpha value is -6.16. The van der Waals surface area contributed by atoms with E-state index in [4.69, 9.17) is 14.2 Å². The molecule has 0 saturated heterocycles. The van der Waals surface area contributed by atoms with Gasteiger partial charge < -0.3 is 24.4 Å². The molecule has 300 valence electrons. The minimum atomic E-state index is -0.928. The Labute approximate surface area is 334 Å². The summed E-state index contributed by atoms with van der Waals surface area (Å²) in [6.07, 6.45) is 0.458. The lowest BCUT2D eigenvalue weighted by Gasteiger charge is -2.28. The van der Waals surface area contributed by atoms with Crippen LogP contribution in [0.3, 0.4) is 0 Å². The number of likely N-dealkylation sites (N-methyl/N-ethyl adjacent to an activating group) is 1. The maximum Gasteiger partial charge on any atom is 0.425 e. The van der Waals surface area contributed by atoms with Crippen molar-refractivity contribution in [3.05, 3.63) is 95.2 Å². The Morgan fingerprint density at radius 1 is 0.912 bits per heavy atom. The third kappa shape index (κ3) is 10.8. The molecule has 4 amide bonds. The predicted molar refractivity (Wildman–Crippen MR) is 219 cm³/mol. The molecule has 57 heavy (non-hydrogen) atoms. The first kappa shape index (κ1) is 42.0. The standard InChI is InChI=1S/C44H52N6O7/c1-28-12-10-11-13-34(28)29(2)26-55-39(52)48-33-15-17-36(44(27-45)19-20-44)31(23-33)25-49(9)37(51)24-47-32-14-16-35-30(22-32)18-21-46-38(35)50(40(53)56-42(3,4)5)41(54)57-43(6,7)8/h10-18,21-23,29,47H,19-20,24-26H2,1-9H3,(H,48,52). The van der Waals surface area contributed by atoms with E-state index in [1.54, 1.807) is 89.9 Å². The van der Waals surface area contributed by atoms with E-state index < -0.39 is 34.9 Å². The van der Waals surface area contributed by atoms with Gasteiger partial charge in [-0.05, 0) is 125 Å². The van der Waals surface area contributed by atoms with Crippen molar-refractivity contribution in [3.63, 3.8) is 0 Å². The first-order chi connectivity index (χ1) is 26.8. The number of hydrogen-bond donors (Lipinski definition) is 2. The number of amides is 4. The molecule has 1 heterocycles. The van der Waals surface area contributed by atoms with E-state index >= 15 is 0 Å². The van der Waals surface area contributed by atoms with Crippen LogP contribution in [0.15, 0.2) is 72.9 Å². The second kappa shape index (κ2) is 16.9. The van der Waals surface area contributed by atoms with Crippen LogP contribution in [0.2, 0.25) is 0 Å². The number of pyridine rings is 1. The Bertz CT molecular complexity index is 2170. The van der Waals surface area contributed by atoms with Gasteiger partial charge >= 0.3 is 18.3 Å². The van der Waals surface area contributed by atoms with E-state index in [0.29, 0.717) is 35.0 Å². The quantitative estimate of drug-likeness (QED) is 0.140. The van der Waals surface area contributed by atoms with Crippen molar-refractivity contribution in [2.45, 2.75) is 97.3 Å². The fourth-order valence-corrected chi connectivity index (χ4v) is 6.39. The van der Waals surface area contributed by atoms with Gasteiger partial charge in [0.2, 0.25) is 5.91 Å². The second-order valence-corrected chi connectivity index (χ2v) is 16.5. The number of anilines is 3. The summed E-state index contributed by atoms with van der Waals surface area (Å²) in [6.45, 7) is 14.6. The average Bonchev–Trinajstić information content (AvgIpc) is 3.93. The van der Waals surface area contributed by atoms with E-state index in [1.807, 2.05) is 44.2 Å². The van der Waals surface area contributed by atoms with Gasteiger partial charge in [-0.25, -0.2) is 19.4 Å². The number of ether oxygens (including phenoxy) is 3. The Kier molecular flexibility index (Phi) is 12.5. The van der Waals surface area contributed by atoms with Crippen LogP contribution in [0.1, 0.15) is 89.5 Å². The summed E-state index contributed by atoms with van der Waals surface area (Å²) in [6, 6.07) is 22.8. The molecule has 1 unspecified atom stereocenters. The number of carbonyl (C=O) groups excluding carboxylic acids is 4. The lowest BCUT2D eigenvalue weighted by Crippen LogP contribution is -2.44. The molecule has 5 rings (SSSR count). The number of nitrogens with one attached hydrogen (secondary N) is 2. The molecule has 1 fully saturated rings. The number of carbonyl (C=O) groups is 4. The highest BCUT2D eigenvalue weighted by Crippen LogP contribution is 2.49. The molecule has 13 heteroatoms. The molecular weight excluding hydrogens is 725 g/mol. The number of aryl methyl sites for hydroxylation is 1. The van der Waals surface area contributed by atoms with Gasteiger partial charge in [-0.1, -0.05) is 37.3 Å². The van der Waals surface area contributed by atoms with Crippen LogP contribution >= 0.6 is 0 Å². The van der Waals surface area contributed by atoms with Crippen LogP contribution in [0.25, 0.3) is 10.8 Å². The molecular formula is C44H52N6O7. The summed E-state index contributed by atoms with van der Waals surface area (Å²) >= 11 is 0. The summed E-state index contributed by atoms with van der Waals surface area (Å²) in [5, 5.41) is 17.1. The molecule has 1 saturated carbocycles. The molecule has 3 aromatic carbocycles. The van der Waals surface area contributed by atoms with Crippen molar-refractivity contribution < 1.29 is 33.4 Å². The van der Waals surface area contributed by atoms with Crippen LogP contribution in [-0.4, -0.2) is 65.5 Å². The summed E-state index contributed by atoms with van der Waals surface area (Å²) in [7, 11) is 1.68. The Morgan fingerprint density at radius 2 is 1.56 bits per heavy atom.